The first-order chi connectivity index (χ1) is 27.1. The van der Waals surface area contributed by atoms with E-state index in [1.807, 2.05) is 11.3 Å². The van der Waals surface area contributed by atoms with Crippen LogP contribution in [0.5, 0.6) is 0 Å². The Hall–Kier alpha value is -6.48. The molecular formula is C53H39NS. The highest BCUT2D eigenvalue weighted by atomic mass is 32.1. The zero-order valence-electron chi connectivity index (χ0n) is 30.9. The summed E-state index contributed by atoms with van der Waals surface area (Å²) >= 11 is 1.93. The van der Waals surface area contributed by atoms with Gasteiger partial charge in [0.2, 0.25) is 0 Å². The molecule has 1 aromatic heterocycles. The Morgan fingerprint density at radius 2 is 0.927 bits per heavy atom. The second-order valence-corrected chi connectivity index (χ2v) is 15.9. The molecule has 1 nitrogen and oxygen atoms in total. The van der Waals surface area contributed by atoms with Crippen LogP contribution in [0.15, 0.2) is 200 Å². The molecule has 1 heterocycles. The lowest BCUT2D eigenvalue weighted by atomic mass is 9.81. The quantitative estimate of drug-likeness (QED) is 0.158. The van der Waals surface area contributed by atoms with Gasteiger partial charge in [-0.2, -0.15) is 0 Å². The van der Waals surface area contributed by atoms with Gasteiger partial charge < -0.3 is 4.90 Å². The van der Waals surface area contributed by atoms with Crippen LogP contribution < -0.4 is 4.90 Å². The molecule has 0 fully saturated rings. The van der Waals surface area contributed by atoms with Gasteiger partial charge in [-0.3, -0.25) is 0 Å². The summed E-state index contributed by atoms with van der Waals surface area (Å²) in [6, 6.07) is 73.0. The molecule has 0 saturated heterocycles. The second kappa shape index (κ2) is 13.4. The highest BCUT2D eigenvalue weighted by Crippen LogP contribution is 2.60. The van der Waals surface area contributed by atoms with Gasteiger partial charge in [0.15, 0.2) is 0 Å². The van der Waals surface area contributed by atoms with Crippen molar-refractivity contribution in [1.82, 2.24) is 0 Å². The van der Waals surface area contributed by atoms with E-state index in [1.54, 1.807) is 0 Å². The van der Waals surface area contributed by atoms with Gasteiger partial charge in [0.1, 0.15) is 0 Å². The predicted octanol–water partition coefficient (Wildman–Crippen LogP) is 15.3. The maximum Gasteiger partial charge on any atom is 0.0548 e. The summed E-state index contributed by atoms with van der Waals surface area (Å²) in [5, 5.41) is 2.52. The first kappa shape index (κ1) is 33.1. The van der Waals surface area contributed by atoms with E-state index in [4.69, 9.17) is 0 Å². The van der Waals surface area contributed by atoms with E-state index in [-0.39, 0.29) is 5.41 Å². The van der Waals surface area contributed by atoms with Crippen LogP contribution in [-0.4, -0.2) is 0 Å². The number of para-hydroxylation sites is 1. The molecule has 0 atom stereocenters. The minimum atomic E-state index is -0.134. The molecule has 0 spiro atoms. The van der Waals surface area contributed by atoms with Crippen molar-refractivity contribution < 1.29 is 0 Å². The molecule has 55 heavy (non-hydrogen) atoms. The standard InChI is InChI=1S/C53H39NS/c1-53(2)47-26-13-11-23-45(47)49-50(53)51(40-19-7-4-8-20-40)55-52(49)46-24-12-14-27-48(46)54(41-32-28-37(29-33-41)36-16-5-3-6-17-36)42-34-30-39(31-35-42)44-25-15-21-38-18-9-10-22-43(38)44/h3-35H,1-2H3. The third-order valence-electron chi connectivity index (χ3n) is 11.3. The summed E-state index contributed by atoms with van der Waals surface area (Å²) in [6.45, 7) is 4.79. The monoisotopic (exact) mass is 721 g/mol. The summed E-state index contributed by atoms with van der Waals surface area (Å²) in [7, 11) is 0. The van der Waals surface area contributed by atoms with Crippen molar-refractivity contribution in [3.05, 3.63) is 211 Å². The zero-order valence-corrected chi connectivity index (χ0v) is 31.7. The largest absolute Gasteiger partial charge is 0.310 e. The molecule has 8 aromatic carbocycles. The number of benzene rings is 8. The van der Waals surface area contributed by atoms with Crippen molar-refractivity contribution in [2.75, 3.05) is 4.90 Å². The van der Waals surface area contributed by atoms with Crippen LogP contribution in [-0.2, 0) is 5.41 Å². The first-order valence-corrected chi connectivity index (χ1v) is 19.8. The third kappa shape index (κ3) is 5.61. The van der Waals surface area contributed by atoms with Gasteiger partial charge in [-0.15, -0.1) is 11.3 Å². The number of rotatable bonds is 7. The Balaban J connectivity index is 1.17. The number of anilines is 3. The van der Waals surface area contributed by atoms with E-state index < -0.39 is 0 Å². The van der Waals surface area contributed by atoms with E-state index in [0.29, 0.717) is 0 Å². The van der Waals surface area contributed by atoms with Gasteiger partial charge in [-0.1, -0.05) is 184 Å². The lowest BCUT2D eigenvalue weighted by Gasteiger charge is -2.28. The van der Waals surface area contributed by atoms with Crippen molar-refractivity contribution in [2.24, 2.45) is 0 Å². The highest BCUT2D eigenvalue weighted by Gasteiger charge is 2.41. The molecule has 0 bridgehead atoms. The molecule has 9 aromatic rings. The number of fused-ring (bicyclic) bond motifs is 4. The van der Waals surface area contributed by atoms with Gasteiger partial charge in [-0.25, -0.2) is 0 Å². The maximum absolute atomic E-state index is 2.44. The number of nitrogens with zero attached hydrogens (tertiary/aromatic N) is 1. The minimum Gasteiger partial charge on any atom is -0.310 e. The van der Waals surface area contributed by atoms with Crippen LogP contribution >= 0.6 is 11.3 Å². The smallest absolute Gasteiger partial charge is 0.0548 e. The lowest BCUT2D eigenvalue weighted by molar-refractivity contribution is 0.664. The third-order valence-corrected chi connectivity index (χ3v) is 12.6. The number of hydrogen-bond acceptors (Lipinski definition) is 2. The van der Waals surface area contributed by atoms with Crippen molar-refractivity contribution >= 4 is 39.2 Å². The van der Waals surface area contributed by atoms with Crippen LogP contribution in [0, 0.1) is 0 Å². The molecule has 1 aliphatic carbocycles. The van der Waals surface area contributed by atoms with Gasteiger partial charge in [0.25, 0.3) is 0 Å². The lowest BCUT2D eigenvalue weighted by Crippen LogP contribution is -2.15. The fourth-order valence-electron chi connectivity index (χ4n) is 8.64. The Morgan fingerprint density at radius 1 is 0.400 bits per heavy atom. The summed E-state index contributed by atoms with van der Waals surface area (Å²) in [5.74, 6) is 0. The van der Waals surface area contributed by atoms with Crippen LogP contribution in [0.25, 0.3) is 65.0 Å². The Labute approximate surface area is 327 Å². The normalized spacial score (nSPS) is 12.7. The van der Waals surface area contributed by atoms with Crippen LogP contribution in [0.3, 0.4) is 0 Å². The fourth-order valence-corrected chi connectivity index (χ4v) is 10.2. The number of hydrogen-bond donors (Lipinski definition) is 0. The van der Waals surface area contributed by atoms with E-state index >= 15 is 0 Å². The van der Waals surface area contributed by atoms with E-state index in [0.717, 1.165) is 17.1 Å². The zero-order chi connectivity index (χ0) is 36.9. The summed E-state index contributed by atoms with van der Waals surface area (Å²) in [4.78, 5) is 5.10. The Morgan fingerprint density at radius 3 is 1.65 bits per heavy atom. The van der Waals surface area contributed by atoms with E-state index in [1.165, 1.54) is 76.2 Å². The molecule has 0 saturated carbocycles. The van der Waals surface area contributed by atoms with Gasteiger partial charge in [0.05, 0.1) is 5.69 Å². The highest BCUT2D eigenvalue weighted by molar-refractivity contribution is 7.20. The second-order valence-electron chi connectivity index (χ2n) is 14.9. The molecule has 2 heteroatoms. The van der Waals surface area contributed by atoms with Crippen molar-refractivity contribution in [3.8, 4) is 54.3 Å². The predicted molar refractivity (Wildman–Crippen MR) is 236 cm³/mol. The minimum absolute atomic E-state index is 0.134. The molecule has 10 rings (SSSR count). The van der Waals surface area contributed by atoms with Crippen LogP contribution in [0.1, 0.15) is 25.0 Å². The molecule has 0 amide bonds. The molecule has 262 valence electrons. The SMILES string of the molecule is CC1(C)c2ccccc2-c2c(-c3ccccc3N(c3ccc(-c4ccccc4)cc3)c3ccc(-c4cccc5ccccc45)cc3)sc(-c3ccccc3)c21. The average molecular weight is 722 g/mol. The molecular weight excluding hydrogens is 683 g/mol. The van der Waals surface area contributed by atoms with Crippen LogP contribution in [0.2, 0.25) is 0 Å². The molecule has 0 radical (unpaired) electrons. The Kier molecular flexibility index (Phi) is 8.08. The fraction of sp³-hybridized carbons (Fsp3) is 0.0566. The molecule has 0 N–H and O–H groups in total. The first-order valence-electron chi connectivity index (χ1n) is 19.0. The van der Waals surface area contributed by atoms with Crippen LogP contribution in [0.4, 0.5) is 17.1 Å². The summed E-state index contributed by atoms with van der Waals surface area (Å²) in [5.41, 5.74) is 16.1. The maximum atomic E-state index is 2.44. The summed E-state index contributed by atoms with van der Waals surface area (Å²) in [6.07, 6.45) is 0. The van der Waals surface area contributed by atoms with E-state index in [9.17, 15) is 0 Å². The number of thiophene rings is 1. The molecule has 0 unspecified atom stereocenters. The topological polar surface area (TPSA) is 3.24 Å². The Bertz CT molecular complexity index is 2810. The molecule has 0 aliphatic heterocycles. The van der Waals surface area contributed by atoms with E-state index in [2.05, 4.69) is 219 Å². The van der Waals surface area contributed by atoms with Gasteiger partial charge in [-0.05, 0) is 85.6 Å². The van der Waals surface area contributed by atoms with Crippen molar-refractivity contribution in [1.29, 1.82) is 0 Å². The van der Waals surface area contributed by atoms with Crippen molar-refractivity contribution in [3.63, 3.8) is 0 Å². The molecule has 1 aliphatic rings. The van der Waals surface area contributed by atoms with Gasteiger partial charge >= 0.3 is 0 Å². The van der Waals surface area contributed by atoms with Gasteiger partial charge in [0, 0.05) is 37.7 Å². The average Bonchev–Trinajstić information content (AvgIpc) is 3.76. The summed E-state index contributed by atoms with van der Waals surface area (Å²) < 4.78 is 0. The van der Waals surface area contributed by atoms with Crippen molar-refractivity contribution in [2.45, 2.75) is 19.3 Å².